The normalized spacial score (nSPS) is 16.9. The number of ether oxygens (including phenoxy) is 2. The Morgan fingerprint density at radius 3 is 2.41 bits per heavy atom. The first-order valence-electron chi connectivity index (χ1n) is 9.89. The van der Waals surface area contributed by atoms with E-state index in [0.717, 1.165) is 5.56 Å². The van der Waals surface area contributed by atoms with Crippen LogP contribution in [-0.2, 0) is 30.9 Å². The molecule has 1 atom stereocenters. The Morgan fingerprint density at radius 2 is 1.75 bits per heavy atom. The van der Waals surface area contributed by atoms with Crippen molar-refractivity contribution in [3.8, 4) is 5.75 Å². The Balaban J connectivity index is 1.58. The minimum atomic E-state index is -3.86. The van der Waals surface area contributed by atoms with E-state index >= 15 is 0 Å². The third kappa shape index (κ3) is 5.98. The molecule has 9 nitrogen and oxygen atoms in total. The predicted molar refractivity (Wildman–Crippen MR) is 118 cm³/mol. The standard InChI is InChI=1S/C21H24ClN3O6S/c1-30-17-7-9-18(10-8-17)32(28,29)25-11-2-12-31-19(25)14-24-21(27)20(26)23-13-15-3-5-16(22)6-4-15/h3-10,19H,2,11-14H2,1H3,(H,23,26)(H,24,27). The number of amides is 2. The van der Waals surface area contributed by atoms with Crippen LogP contribution >= 0.6 is 11.6 Å². The van der Waals surface area contributed by atoms with Crippen LogP contribution < -0.4 is 15.4 Å². The fourth-order valence-corrected chi connectivity index (χ4v) is 4.80. The first-order chi connectivity index (χ1) is 15.3. The summed E-state index contributed by atoms with van der Waals surface area (Å²) in [6.07, 6.45) is -0.412. The van der Waals surface area contributed by atoms with Crippen LogP contribution in [0.25, 0.3) is 0 Å². The smallest absolute Gasteiger partial charge is 0.309 e. The fourth-order valence-electron chi connectivity index (χ4n) is 3.11. The van der Waals surface area contributed by atoms with Crippen molar-refractivity contribution >= 4 is 33.4 Å². The average molecular weight is 482 g/mol. The van der Waals surface area contributed by atoms with Gasteiger partial charge >= 0.3 is 11.8 Å². The van der Waals surface area contributed by atoms with Crippen molar-refractivity contribution < 1.29 is 27.5 Å². The minimum Gasteiger partial charge on any atom is -0.497 e. The summed E-state index contributed by atoms with van der Waals surface area (Å²) in [6, 6.07) is 12.8. The zero-order valence-electron chi connectivity index (χ0n) is 17.4. The molecule has 0 bridgehead atoms. The summed E-state index contributed by atoms with van der Waals surface area (Å²) in [5, 5.41) is 5.52. The van der Waals surface area contributed by atoms with E-state index in [1.807, 2.05) is 0 Å². The number of halogens is 1. The largest absolute Gasteiger partial charge is 0.497 e. The lowest BCUT2D eigenvalue weighted by molar-refractivity contribution is -0.140. The van der Waals surface area contributed by atoms with Crippen molar-refractivity contribution in [2.75, 3.05) is 26.8 Å². The maximum Gasteiger partial charge on any atom is 0.309 e. The zero-order chi connectivity index (χ0) is 23.1. The second kappa shape index (κ2) is 10.8. The molecule has 0 spiro atoms. The molecule has 1 unspecified atom stereocenters. The van der Waals surface area contributed by atoms with Gasteiger partial charge < -0.3 is 20.1 Å². The maximum absolute atomic E-state index is 13.1. The maximum atomic E-state index is 13.1. The number of sulfonamides is 1. The van der Waals surface area contributed by atoms with Crippen LogP contribution in [-0.4, -0.2) is 57.6 Å². The molecule has 0 aliphatic carbocycles. The topological polar surface area (TPSA) is 114 Å². The number of benzene rings is 2. The SMILES string of the molecule is COc1ccc(S(=O)(=O)N2CCCOC2CNC(=O)C(=O)NCc2ccc(Cl)cc2)cc1. The zero-order valence-corrected chi connectivity index (χ0v) is 19.0. The van der Waals surface area contributed by atoms with Gasteiger partial charge in [0.05, 0.1) is 25.2 Å². The van der Waals surface area contributed by atoms with E-state index in [2.05, 4.69) is 10.6 Å². The third-order valence-corrected chi connectivity index (χ3v) is 6.99. The van der Waals surface area contributed by atoms with Gasteiger partial charge in [-0.15, -0.1) is 0 Å². The number of hydrogen-bond acceptors (Lipinski definition) is 6. The summed E-state index contributed by atoms with van der Waals surface area (Å²) >= 11 is 5.82. The highest BCUT2D eigenvalue weighted by Crippen LogP contribution is 2.23. The van der Waals surface area contributed by atoms with Gasteiger partial charge in [0, 0.05) is 18.1 Å². The third-order valence-electron chi connectivity index (χ3n) is 4.83. The van der Waals surface area contributed by atoms with Gasteiger partial charge in [-0.1, -0.05) is 23.7 Å². The van der Waals surface area contributed by atoms with Crippen molar-refractivity contribution in [2.45, 2.75) is 24.1 Å². The number of rotatable bonds is 7. The van der Waals surface area contributed by atoms with E-state index in [1.54, 1.807) is 36.4 Å². The molecule has 32 heavy (non-hydrogen) atoms. The summed E-state index contributed by atoms with van der Waals surface area (Å²) < 4.78 is 38.0. The number of nitrogens with zero attached hydrogens (tertiary/aromatic N) is 1. The molecule has 0 aromatic heterocycles. The Kier molecular flexibility index (Phi) is 8.08. The van der Waals surface area contributed by atoms with Crippen LogP contribution in [0.3, 0.4) is 0 Å². The van der Waals surface area contributed by atoms with Crippen LogP contribution in [0.2, 0.25) is 5.02 Å². The summed E-state index contributed by atoms with van der Waals surface area (Å²) in [5.74, 6) is -1.18. The molecule has 1 fully saturated rings. The highest BCUT2D eigenvalue weighted by Gasteiger charge is 2.35. The Morgan fingerprint density at radius 1 is 1.09 bits per heavy atom. The molecular formula is C21H24ClN3O6S. The first-order valence-corrected chi connectivity index (χ1v) is 11.7. The van der Waals surface area contributed by atoms with Gasteiger partial charge in [0.2, 0.25) is 10.0 Å². The highest BCUT2D eigenvalue weighted by molar-refractivity contribution is 7.89. The molecule has 2 aromatic rings. The number of carbonyl (C=O) groups excluding carboxylic acids is 2. The van der Waals surface area contributed by atoms with Crippen molar-refractivity contribution in [1.82, 2.24) is 14.9 Å². The summed E-state index contributed by atoms with van der Waals surface area (Å²) in [5.41, 5.74) is 0.780. The second-order valence-electron chi connectivity index (χ2n) is 6.99. The number of carbonyl (C=O) groups is 2. The number of hydrogen-bond donors (Lipinski definition) is 2. The van der Waals surface area contributed by atoms with Gasteiger partial charge in [0.1, 0.15) is 12.0 Å². The molecule has 11 heteroatoms. The second-order valence-corrected chi connectivity index (χ2v) is 9.32. The predicted octanol–water partition coefficient (Wildman–Crippen LogP) is 1.52. The van der Waals surface area contributed by atoms with Crippen molar-refractivity contribution in [3.63, 3.8) is 0 Å². The average Bonchev–Trinajstić information content (AvgIpc) is 2.82. The molecule has 2 aromatic carbocycles. The van der Waals surface area contributed by atoms with Crippen LogP contribution in [0.15, 0.2) is 53.4 Å². The lowest BCUT2D eigenvalue weighted by Gasteiger charge is -2.34. The molecule has 1 aliphatic rings. The molecule has 0 saturated carbocycles. The van der Waals surface area contributed by atoms with Gasteiger partial charge in [-0.25, -0.2) is 8.42 Å². The number of methoxy groups -OCH3 is 1. The van der Waals surface area contributed by atoms with E-state index in [1.165, 1.54) is 23.5 Å². The summed E-state index contributed by atoms with van der Waals surface area (Å²) in [7, 11) is -2.37. The van der Waals surface area contributed by atoms with Crippen molar-refractivity contribution in [3.05, 3.63) is 59.1 Å². The molecular weight excluding hydrogens is 458 g/mol. The van der Waals surface area contributed by atoms with Crippen LogP contribution in [0, 0.1) is 0 Å². The monoisotopic (exact) mass is 481 g/mol. The molecule has 3 rings (SSSR count). The van der Waals surface area contributed by atoms with E-state index in [4.69, 9.17) is 21.1 Å². The molecule has 0 radical (unpaired) electrons. The Bertz CT molecular complexity index is 1040. The highest BCUT2D eigenvalue weighted by atomic mass is 35.5. The van der Waals surface area contributed by atoms with Crippen LogP contribution in [0.5, 0.6) is 5.75 Å². The summed E-state index contributed by atoms with van der Waals surface area (Å²) in [6.45, 7) is 0.569. The molecule has 1 aliphatic heterocycles. The van der Waals surface area contributed by atoms with Crippen LogP contribution in [0.1, 0.15) is 12.0 Å². The lowest BCUT2D eigenvalue weighted by Crippen LogP contribution is -2.53. The molecule has 2 amide bonds. The fraction of sp³-hybridized carbons (Fsp3) is 0.333. The number of nitrogens with one attached hydrogen (secondary N) is 2. The van der Waals surface area contributed by atoms with Crippen LogP contribution in [0.4, 0.5) is 0 Å². The Hall–Kier alpha value is -2.66. The first kappa shape index (κ1) is 24.0. The van der Waals surface area contributed by atoms with Crippen molar-refractivity contribution in [1.29, 1.82) is 0 Å². The van der Waals surface area contributed by atoms with Gasteiger partial charge in [0.25, 0.3) is 0 Å². The molecule has 1 heterocycles. The van der Waals surface area contributed by atoms with E-state index in [-0.39, 0.29) is 24.5 Å². The van der Waals surface area contributed by atoms with E-state index < -0.39 is 28.1 Å². The molecule has 1 saturated heterocycles. The quantitative estimate of drug-likeness (QED) is 0.579. The molecule has 172 valence electrons. The van der Waals surface area contributed by atoms with Gasteiger partial charge in [0.15, 0.2) is 0 Å². The Labute approximate surface area is 191 Å². The van der Waals surface area contributed by atoms with E-state index in [9.17, 15) is 18.0 Å². The van der Waals surface area contributed by atoms with Crippen molar-refractivity contribution in [2.24, 2.45) is 0 Å². The van der Waals surface area contributed by atoms with Gasteiger partial charge in [-0.05, 0) is 48.4 Å². The molecule has 2 N–H and O–H groups in total. The lowest BCUT2D eigenvalue weighted by atomic mass is 10.2. The minimum absolute atomic E-state index is 0.0841. The van der Waals surface area contributed by atoms with Gasteiger partial charge in [-0.3, -0.25) is 9.59 Å². The van der Waals surface area contributed by atoms with E-state index in [0.29, 0.717) is 23.8 Å². The summed E-state index contributed by atoms with van der Waals surface area (Å²) in [4.78, 5) is 24.3. The van der Waals surface area contributed by atoms with Gasteiger partial charge in [-0.2, -0.15) is 4.31 Å².